The predicted octanol–water partition coefficient (Wildman–Crippen LogP) is 4.59. The van der Waals surface area contributed by atoms with Crippen LogP contribution in [0.3, 0.4) is 0 Å². The van der Waals surface area contributed by atoms with Gasteiger partial charge in [0.15, 0.2) is 11.6 Å². The fourth-order valence-electron chi connectivity index (χ4n) is 5.30. The van der Waals surface area contributed by atoms with Gasteiger partial charge in [0.2, 0.25) is 11.6 Å². The lowest BCUT2D eigenvalue weighted by Gasteiger charge is -2.28. The first-order valence-corrected chi connectivity index (χ1v) is 12.5. The number of hydrogen-bond acceptors (Lipinski definition) is 8. The Morgan fingerprint density at radius 1 is 0.944 bits per heavy atom. The highest BCUT2D eigenvalue weighted by molar-refractivity contribution is 5.51. The van der Waals surface area contributed by atoms with Gasteiger partial charge in [0.05, 0.1) is 6.20 Å². The smallest absolute Gasteiger partial charge is 0.334 e. The van der Waals surface area contributed by atoms with Gasteiger partial charge in [0, 0.05) is 18.3 Å². The van der Waals surface area contributed by atoms with Crippen molar-refractivity contribution >= 4 is 11.5 Å². The van der Waals surface area contributed by atoms with E-state index in [1.807, 2.05) is 6.07 Å². The number of hydrogen-bond donors (Lipinski definition) is 1. The van der Waals surface area contributed by atoms with E-state index in [9.17, 15) is 20.0 Å². The first-order chi connectivity index (χ1) is 17.6. The second kappa shape index (κ2) is 10.3. The van der Waals surface area contributed by atoms with E-state index in [2.05, 4.69) is 20.3 Å². The zero-order valence-electron chi connectivity index (χ0n) is 20.0. The van der Waals surface area contributed by atoms with E-state index in [1.165, 1.54) is 20.0 Å². The van der Waals surface area contributed by atoms with Crippen molar-refractivity contribution in [2.45, 2.75) is 76.3 Å². The SMILES string of the molecule is N#Cc1cnn(-c2ccccn2)c1N=Nc1c(O)n(C2CCCCC2)c(=O)n(C2CCCCC2)c1=O. The molecule has 0 unspecified atom stereocenters. The Balaban J connectivity index is 1.66. The van der Waals surface area contributed by atoms with Crippen LogP contribution in [0.25, 0.3) is 5.82 Å². The maximum absolute atomic E-state index is 13.6. The van der Waals surface area contributed by atoms with Gasteiger partial charge in [-0.1, -0.05) is 44.6 Å². The van der Waals surface area contributed by atoms with Gasteiger partial charge in [-0.3, -0.25) is 13.9 Å². The molecule has 2 aliphatic rings. The topological polar surface area (TPSA) is 143 Å². The first kappa shape index (κ1) is 23.7. The Bertz CT molecular complexity index is 1420. The largest absolute Gasteiger partial charge is 0.493 e. The Morgan fingerprint density at radius 3 is 2.22 bits per heavy atom. The van der Waals surface area contributed by atoms with Gasteiger partial charge < -0.3 is 5.11 Å². The normalized spacial score (nSPS) is 17.4. The van der Waals surface area contributed by atoms with Crippen LogP contribution in [0.4, 0.5) is 11.5 Å². The van der Waals surface area contributed by atoms with Crippen molar-refractivity contribution in [3.05, 3.63) is 57.0 Å². The molecule has 11 nitrogen and oxygen atoms in total. The Morgan fingerprint density at radius 2 is 1.61 bits per heavy atom. The number of aromatic nitrogens is 5. The van der Waals surface area contributed by atoms with Gasteiger partial charge in [-0.25, -0.2) is 9.78 Å². The lowest BCUT2D eigenvalue weighted by atomic mass is 9.94. The predicted molar refractivity (Wildman–Crippen MR) is 131 cm³/mol. The number of nitrogens with zero attached hydrogens (tertiary/aromatic N) is 8. The molecule has 2 saturated carbocycles. The van der Waals surface area contributed by atoms with Crippen LogP contribution in [-0.4, -0.2) is 29.0 Å². The summed E-state index contributed by atoms with van der Waals surface area (Å²) in [6.07, 6.45) is 11.8. The number of nitriles is 1. The highest BCUT2D eigenvalue weighted by atomic mass is 16.3. The minimum atomic E-state index is -0.664. The quantitative estimate of drug-likeness (QED) is 0.520. The van der Waals surface area contributed by atoms with Crippen molar-refractivity contribution in [2.75, 3.05) is 0 Å². The van der Waals surface area contributed by atoms with Crippen LogP contribution in [0.1, 0.15) is 81.9 Å². The van der Waals surface area contributed by atoms with Crippen LogP contribution in [0.5, 0.6) is 5.88 Å². The van der Waals surface area contributed by atoms with E-state index < -0.39 is 17.1 Å². The molecule has 0 aliphatic heterocycles. The Hall–Kier alpha value is -4.07. The molecule has 3 aromatic heterocycles. The molecule has 36 heavy (non-hydrogen) atoms. The molecule has 3 heterocycles. The molecule has 5 rings (SSSR count). The number of azo groups is 1. The number of aromatic hydroxyl groups is 1. The van der Waals surface area contributed by atoms with E-state index in [0.29, 0.717) is 5.82 Å². The van der Waals surface area contributed by atoms with Crippen molar-refractivity contribution < 1.29 is 5.11 Å². The van der Waals surface area contributed by atoms with Crippen LogP contribution in [0.2, 0.25) is 0 Å². The highest BCUT2D eigenvalue weighted by Crippen LogP contribution is 2.35. The number of pyridine rings is 1. The van der Waals surface area contributed by atoms with Gasteiger partial charge in [0.1, 0.15) is 11.6 Å². The summed E-state index contributed by atoms with van der Waals surface area (Å²) in [6.45, 7) is 0. The molecule has 186 valence electrons. The van der Waals surface area contributed by atoms with Crippen LogP contribution in [-0.2, 0) is 0 Å². The standard InChI is InChI=1S/C25H28N8O3/c26-15-17-16-28-33(20-13-7-8-14-27-20)22(17)30-29-21-23(34)31(18-9-3-1-4-10-18)25(36)32(24(21)35)19-11-5-2-6-12-19/h7-8,13-14,16,18-19,34H,1-6,9-12H2. The van der Waals surface area contributed by atoms with Crippen molar-refractivity contribution in [1.82, 2.24) is 23.9 Å². The van der Waals surface area contributed by atoms with E-state index in [1.54, 1.807) is 24.4 Å². The fraction of sp³-hybridized carbons (Fsp3) is 0.480. The van der Waals surface area contributed by atoms with Gasteiger partial charge in [0.25, 0.3) is 5.56 Å². The molecule has 0 spiro atoms. The molecular formula is C25H28N8O3. The summed E-state index contributed by atoms with van der Waals surface area (Å²) in [5.74, 6) is 0.0220. The molecular weight excluding hydrogens is 460 g/mol. The lowest BCUT2D eigenvalue weighted by molar-refractivity contribution is 0.272. The summed E-state index contributed by atoms with van der Waals surface area (Å²) in [5.41, 5.74) is -1.31. The van der Waals surface area contributed by atoms with Crippen LogP contribution in [0.15, 0.2) is 50.4 Å². The first-order valence-electron chi connectivity index (χ1n) is 12.5. The molecule has 3 aromatic rings. The molecule has 0 bridgehead atoms. The summed E-state index contributed by atoms with van der Waals surface area (Å²) in [4.78, 5) is 31.4. The Labute approximate surface area is 207 Å². The van der Waals surface area contributed by atoms with Crippen LogP contribution >= 0.6 is 0 Å². The average Bonchev–Trinajstić information content (AvgIpc) is 3.33. The molecule has 0 radical (unpaired) electrons. The molecule has 0 aromatic carbocycles. The van der Waals surface area contributed by atoms with Crippen molar-refractivity contribution in [3.63, 3.8) is 0 Å². The third kappa shape index (κ3) is 4.34. The zero-order chi connectivity index (χ0) is 25.1. The second-order valence-electron chi connectivity index (χ2n) is 9.38. The Kier molecular flexibility index (Phi) is 6.75. The summed E-state index contributed by atoms with van der Waals surface area (Å²) in [7, 11) is 0. The minimum absolute atomic E-state index is 0.0784. The summed E-state index contributed by atoms with van der Waals surface area (Å²) < 4.78 is 3.95. The van der Waals surface area contributed by atoms with Crippen LogP contribution < -0.4 is 11.2 Å². The van der Waals surface area contributed by atoms with Crippen molar-refractivity contribution in [1.29, 1.82) is 5.26 Å². The van der Waals surface area contributed by atoms with Crippen molar-refractivity contribution in [2.24, 2.45) is 10.2 Å². The fourth-order valence-corrected chi connectivity index (χ4v) is 5.30. The van der Waals surface area contributed by atoms with Gasteiger partial charge in [-0.05, 0) is 37.8 Å². The maximum atomic E-state index is 13.6. The highest BCUT2D eigenvalue weighted by Gasteiger charge is 2.29. The lowest BCUT2D eigenvalue weighted by Crippen LogP contribution is -2.43. The molecule has 2 fully saturated rings. The maximum Gasteiger partial charge on any atom is 0.334 e. The van der Waals surface area contributed by atoms with Crippen molar-refractivity contribution in [3.8, 4) is 17.8 Å². The molecule has 11 heteroatoms. The molecule has 0 atom stereocenters. The van der Waals surface area contributed by atoms with E-state index in [0.717, 1.165) is 64.2 Å². The van der Waals surface area contributed by atoms with E-state index in [4.69, 9.17) is 0 Å². The zero-order valence-corrected chi connectivity index (χ0v) is 20.0. The van der Waals surface area contributed by atoms with Gasteiger partial charge in [-0.15, -0.1) is 10.2 Å². The molecule has 2 aliphatic carbocycles. The summed E-state index contributed by atoms with van der Waals surface area (Å²) in [5, 5.41) is 33.2. The van der Waals surface area contributed by atoms with Gasteiger partial charge >= 0.3 is 5.69 Å². The third-order valence-electron chi connectivity index (χ3n) is 7.13. The average molecular weight is 489 g/mol. The summed E-state index contributed by atoms with van der Waals surface area (Å²) in [6, 6.07) is 6.79. The summed E-state index contributed by atoms with van der Waals surface area (Å²) >= 11 is 0. The second-order valence-corrected chi connectivity index (χ2v) is 9.38. The molecule has 0 saturated heterocycles. The molecule has 0 amide bonds. The van der Waals surface area contributed by atoms with E-state index in [-0.39, 0.29) is 29.2 Å². The monoisotopic (exact) mass is 488 g/mol. The minimum Gasteiger partial charge on any atom is -0.493 e. The van der Waals surface area contributed by atoms with Gasteiger partial charge in [-0.2, -0.15) is 15.0 Å². The van der Waals surface area contributed by atoms with E-state index >= 15 is 0 Å². The third-order valence-corrected chi connectivity index (χ3v) is 7.13. The van der Waals surface area contributed by atoms with Crippen LogP contribution in [0, 0.1) is 11.3 Å². The molecule has 1 N–H and O–H groups in total. The number of rotatable bonds is 5.